The molecule has 15 heteroatoms. The molecule has 0 radical (unpaired) electrons. The monoisotopic (exact) mass is 616 g/mol. The zero-order valence-corrected chi connectivity index (χ0v) is 22.8. The van der Waals surface area contributed by atoms with Crippen LogP contribution in [-0.2, 0) is 27.5 Å². The molecule has 226 valence electrons. The van der Waals surface area contributed by atoms with Gasteiger partial charge in [0.15, 0.2) is 0 Å². The highest BCUT2D eigenvalue weighted by Crippen LogP contribution is 2.32. The fourth-order valence-electron chi connectivity index (χ4n) is 3.69. The Bertz CT molecular complexity index is 1620. The summed E-state index contributed by atoms with van der Waals surface area (Å²) in [6.07, 6.45) is -7.66. The van der Waals surface area contributed by atoms with Crippen LogP contribution >= 0.6 is 0 Å². The van der Waals surface area contributed by atoms with Crippen LogP contribution in [0.5, 0.6) is 0 Å². The van der Waals surface area contributed by atoms with Crippen LogP contribution in [0, 0.1) is 0 Å². The molecule has 0 unspecified atom stereocenters. The van der Waals surface area contributed by atoms with Gasteiger partial charge in [0.25, 0.3) is 0 Å². The molecule has 0 atom stereocenters. The summed E-state index contributed by atoms with van der Waals surface area (Å²) in [5.41, 5.74) is 3.94. The molecule has 4 N–H and O–H groups in total. The van der Waals surface area contributed by atoms with Crippen LogP contribution in [-0.4, -0.2) is 55.0 Å². The van der Waals surface area contributed by atoms with Crippen molar-refractivity contribution in [3.8, 4) is 22.5 Å². The summed E-state index contributed by atoms with van der Waals surface area (Å²) in [5, 5.41) is 10.4. The van der Waals surface area contributed by atoms with Crippen molar-refractivity contribution in [1.82, 2.24) is 20.0 Å². The van der Waals surface area contributed by atoms with E-state index in [0.29, 0.717) is 42.9 Å². The molecule has 8 nitrogen and oxygen atoms in total. The highest BCUT2D eigenvalue weighted by Gasteiger charge is 2.38. The number of halogens is 6. The van der Waals surface area contributed by atoms with Gasteiger partial charge in [0, 0.05) is 18.7 Å². The van der Waals surface area contributed by atoms with E-state index in [0.717, 1.165) is 40.6 Å². The van der Waals surface area contributed by atoms with E-state index in [-0.39, 0.29) is 0 Å². The van der Waals surface area contributed by atoms with Gasteiger partial charge in [-0.15, -0.1) is 0 Å². The fourth-order valence-corrected chi connectivity index (χ4v) is 4.20. The lowest BCUT2D eigenvalue weighted by atomic mass is 10.0. The van der Waals surface area contributed by atoms with Gasteiger partial charge in [-0.25, -0.2) is 22.9 Å². The van der Waals surface area contributed by atoms with Crippen molar-refractivity contribution in [2.24, 2.45) is 0 Å². The van der Waals surface area contributed by atoms with Crippen LogP contribution in [0.1, 0.15) is 17.5 Å². The van der Waals surface area contributed by atoms with Gasteiger partial charge in [0.05, 0.1) is 22.9 Å². The molecule has 0 aliphatic rings. The average Bonchev–Trinajstić information content (AvgIpc) is 3.34. The number of alkyl halides is 6. The van der Waals surface area contributed by atoms with Gasteiger partial charge in [-0.3, -0.25) is 0 Å². The Kier molecular flexibility index (Phi) is 10.4. The third kappa shape index (κ3) is 9.85. The standard InChI is InChI=1S/C25H25F3N4O2S.C2HF3O2/c1-35(33,34)30-13-3-12-29-16-17-6-8-18(9-7-17)19-4-2-5-20(14-19)24-31-22-11-10-21(25(26,27)28)15-23(22)32-24;3-2(4,5)1(6)7/h2,4-11,14-15,29-30H,3,12-13,16H2,1H3,(H,31,32);(H,6,7). The molecule has 3 aromatic carbocycles. The van der Waals surface area contributed by atoms with Crippen molar-refractivity contribution in [3.05, 3.63) is 77.9 Å². The maximum Gasteiger partial charge on any atom is 0.490 e. The van der Waals surface area contributed by atoms with Crippen molar-refractivity contribution in [2.75, 3.05) is 19.3 Å². The van der Waals surface area contributed by atoms with E-state index >= 15 is 0 Å². The summed E-state index contributed by atoms with van der Waals surface area (Å²) in [6, 6.07) is 19.2. The number of sulfonamides is 1. The first kappa shape index (κ1) is 32.6. The molecule has 42 heavy (non-hydrogen) atoms. The van der Waals surface area contributed by atoms with Crippen LogP contribution in [0.2, 0.25) is 0 Å². The zero-order valence-electron chi connectivity index (χ0n) is 22.0. The second-order valence-electron chi connectivity index (χ2n) is 9.09. The minimum absolute atomic E-state index is 0.337. The molecule has 0 aliphatic heterocycles. The number of aromatic amines is 1. The van der Waals surface area contributed by atoms with E-state index in [1.165, 1.54) is 6.07 Å². The number of carbonyl (C=O) groups is 1. The number of aromatic nitrogens is 2. The Morgan fingerprint density at radius 3 is 2.14 bits per heavy atom. The average molecular weight is 617 g/mol. The number of rotatable bonds is 9. The summed E-state index contributed by atoms with van der Waals surface area (Å²) < 4.78 is 95.3. The van der Waals surface area contributed by atoms with Crippen molar-refractivity contribution in [2.45, 2.75) is 25.3 Å². The molecule has 0 fully saturated rings. The Balaban J connectivity index is 0.000000616. The summed E-state index contributed by atoms with van der Waals surface area (Å²) in [7, 11) is -3.15. The number of nitrogens with one attached hydrogen (secondary N) is 3. The number of imidazole rings is 1. The number of nitrogens with zero attached hydrogens (tertiary/aromatic N) is 1. The summed E-state index contributed by atoms with van der Waals surface area (Å²) >= 11 is 0. The van der Waals surface area contributed by atoms with Crippen LogP contribution in [0.4, 0.5) is 26.3 Å². The lowest BCUT2D eigenvalue weighted by molar-refractivity contribution is -0.192. The number of H-pyrrole nitrogens is 1. The van der Waals surface area contributed by atoms with Gasteiger partial charge in [0.1, 0.15) is 5.82 Å². The van der Waals surface area contributed by atoms with Crippen LogP contribution in [0.3, 0.4) is 0 Å². The molecular formula is C27H26F6N4O4S. The van der Waals surface area contributed by atoms with E-state index in [9.17, 15) is 34.8 Å². The topological polar surface area (TPSA) is 124 Å². The normalized spacial score (nSPS) is 12.2. The molecule has 1 aromatic heterocycles. The van der Waals surface area contributed by atoms with E-state index in [1.54, 1.807) is 0 Å². The van der Waals surface area contributed by atoms with E-state index in [4.69, 9.17) is 9.90 Å². The lowest BCUT2D eigenvalue weighted by Crippen LogP contribution is -2.26. The predicted octanol–water partition coefficient (Wildman–Crippen LogP) is 5.58. The minimum atomic E-state index is -5.08. The first-order valence-corrected chi connectivity index (χ1v) is 14.1. The highest BCUT2D eigenvalue weighted by atomic mass is 32.2. The maximum atomic E-state index is 13.0. The zero-order chi connectivity index (χ0) is 31.1. The first-order valence-electron chi connectivity index (χ1n) is 12.2. The van der Waals surface area contributed by atoms with Gasteiger partial charge in [-0.1, -0.05) is 42.5 Å². The Morgan fingerprint density at radius 2 is 1.55 bits per heavy atom. The van der Waals surface area contributed by atoms with Gasteiger partial charge in [-0.2, -0.15) is 26.3 Å². The number of carboxylic acids is 1. The number of hydrogen-bond donors (Lipinski definition) is 4. The van der Waals surface area contributed by atoms with Crippen molar-refractivity contribution < 1.29 is 44.7 Å². The second kappa shape index (κ2) is 13.4. The quantitative estimate of drug-likeness (QED) is 0.144. The highest BCUT2D eigenvalue weighted by molar-refractivity contribution is 7.88. The Labute approximate surface area is 236 Å². The third-order valence-corrected chi connectivity index (χ3v) is 6.43. The molecule has 4 aromatic rings. The molecule has 0 saturated heterocycles. The van der Waals surface area contributed by atoms with E-state index in [2.05, 4.69) is 20.0 Å². The fraction of sp³-hybridized carbons (Fsp3) is 0.259. The van der Waals surface area contributed by atoms with E-state index < -0.39 is 33.9 Å². The Hall–Kier alpha value is -3.95. The van der Waals surface area contributed by atoms with Crippen molar-refractivity contribution in [1.29, 1.82) is 0 Å². The predicted molar refractivity (Wildman–Crippen MR) is 145 cm³/mol. The number of benzene rings is 3. The molecule has 0 aliphatic carbocycles. The van der Waals surface area contributed by atoms with Gasteiger partial charge in [-0.05, 0) is 53.9 Å². The summed E-state index contributed by atoms with van der Waals surface area (Å²) in [6.45, 7) is 1.75. The molecule has 0 bridgehead atoms. The molecule has 4 rings (SSSR count). The number of aliphatic carboxylic acids is 1. The van der Waals surface area contributed by atoms with Gasteiger partial charge < -0.3 is 15.4 Å². The molecule has 0 saturated carbocycles. The lowest BCUT2D eigenvalue weighted by Gasteiger charge is -2.08. The summed E-state index contributed by atoms with van der Waals surface area (Å²) in [5.74, 6) is -2.25. The van der Waals surface area contributed by atoms with E-state index in [1.807, 2.05) is 48.5 Å². The van der Waals surface area contributed by atoms with Crippen LogP contribution in [0.15, 0.2) is 66.7 Å². The van der Waals surface area contributed by atoms with Gasteiger partial charge in [0.2, 0.25) is 10.0 Å². The van der Waals surface area contributed by atoms with Crippen LogP contribution in [0.25, 0.3) is 33.5 Å². The van der Waals surface area contributed by atoms with Crippen molar-refractivity contribution in [3.63, 3.8) is 0 Å². The number of hydrogen-bond acceptors (Lipinski definition) is 5. The number of carboxylic acid groups (broad SMARTS) is 1. The van der Waals surface area contributed by atoms with Crippen molar-refractivity contribution >= 4 is 27.0 Å². The number of fused-ring (bicyclic) bond motifs is 1. The molecule has 1 heterocycles. The van der Waals surface area contributed by atoms with Gasteiger partial charge >= 0.3 is 18.3 Å². The minimum Gasteiger partial charge on any atom is -0.475 e. The molecular weight excluding hydrogens is 590 g/mol. The summed E-state index contributed by atoms with van der Waals surface area (Å²) in [4.78, 5) is 16.4. The third-order valence-electron chi connectivity index (χ3n) is 5.70. The van der Waals surface area contributed by atoms with Crippen LogP contribution < -0.4 is 10.0 Å². The largest absolute Gasteiger partial charge is 0.490 e. The Morgan fingerprint density at radius 1 is 0.905 bits per heavy atom. The molecule has 0 amide bonds. The smallest absolute Gasteiger partial charge is 0.475 e. The maximum absolute atomic E-state index is 13.0. The first-order chi connectivity index (χ1) is 19.5. The molecule has 0 spiro atoms. The second-order valence-corrected chi connectivity index (χ2v) is 10.9. The SMILES string of the molecule is CS(=O)(=O)NCCCNCc1ccc(-c2cccc(-c3nc4ccc(C(F)(F)F)cc4[nH]3)c2)cc1.O=C(O)C(F)(F)F.